The third kappa shape index (κ3) is 18.5. The van der Waals surface area contributed by atoms with Gasteiger partial charge >= 0.3 is 0 Å². The summed E-state index contributed by atoms with van der Waals surface area (Å²) >= 11 is 4.98. The van der Waals surface area contributed by atoms with Gasteiger partial charge in [0.2, 0.25) is 0 Å². The van der Waals surface area contributed by atoms with Gasteiger partial charge in [-0.2, -0.15) is 0 Å². The summed E-state index contributed by atoms with van der Waals surface area (Å²) in [5, 5.41) is 0. The second-order valence-corrected chi connectivity index (χ2v) is 11.1. The molecule has 5 heteroatoms. The highest BCUT2D eigenvalue weighted by Gasteiger charge is 2.18. The number of rotatable bonds is 18. The molecule has 0 aromatic heterocycles. The Morgan fingerprint density at radius 2 is 1.04 bits per heavy atom. The van der Waals surface area contributed by atoms with Gasteiger partial charge in [-0.25, -0.2) is 0 Å². The van der Waals surface area contributed by atoms with Crippen molar-refractivity contribution < 1.29 is 14.2 Å². The van der Waals surface area contributed by atoms with Crippen LogP contribution in [-0.4, -0.2) is 33.6 Å². The first-order chi connectivity index (χ1) is 12.0. The van der Waals surface area contributed by atoms with Gasteiger partial charge < -0.3 is 14.2 Å². The first-order valence-electron chi connectivity index (χ1n) is 10.2. The topological polar surface area (TPSA) is 27.7 Å². The van der Waals surface area contributed by atoms with E-state index in [1.807, 2.05) is 0 Å². The van der Waals surface area contributed by atoms with Gasteiger partial charge in [-0.3, -0.25) is 0 Å². The molecule has 0 radical (unpaired) electrons. The Balaban J connectivity index is 4.46. The average molecular weight is 582 g/mol. The van der Waals surface area contributed by atoms with Gasteiger partial charge in [-0.1, -0.05) is 85.7 Å². The fourth-order valence-electron chi connectivity index (χ4n) is 2.40. The highest BCUT2D eigenvalue weighted by atomic mass is 127. The third-order valence-corrected chi connectivity index (χ3v) is 5.24. The van der Waals surface area contributed by atoms with E-state index in [0.717, 1.165) is 64.6 Å². The van der Waals surface area contributed by atoms with Crippen LogP contribution in [0.4, 0.5) is 0 Å². The van der Waals surface area contributed by atoms with Crippen molar-refractivity contribution in [3.8, 4) is 0 Å². The Kier molecular flexibility index (Phi) is 19.7. The Labute approximate surface area is 184 Å². The molecule has 0 saturated heterocycles. The lowest BCUT2D eigenvalue weighted by Gasteiger charge is -2.26. The molecule has 0 rings (SSSR count). The predicted octanol–water partition coefficient (Wildman–Crippen LogP) is 7.28. The lowest BCUT2D eigenvalue weighted by atomic mass is 10.2. The lowest BCUT2D eigenvalue weighted by molar-refractivity contribution is -0.250. The summed E-state index contributed by atoms with van der Waals surface area (Å²) in [6, 6.07) is 0. The molecule has 3 nitrogen and oxygen atoms in total. The third-order valence-electron chi connectivity index (χ3n) is 3.99. The quantitative estimate of drug-likeness (QED) is 0.0737. The summed E-state index contributed by atoms with van der Waals surface area (Å²) in [4.78, 5) is 0. The minimum Gasteiger partial charge on any atom is -0.353 e. The number of halogens is 2. The van der Waals surface area contributed by atoms with Crippen LogP contribution in [0, 0.1) is 0 Å². The molecule has 152 valence electrons. The number of unbranched alkanes of at least 4 members (excludes halogenated alkanes) is 2. The fraction of sp³-hybridized carbons (Fsp3) is 1.00. The molecule has 4 unspecified atom stereocenters. The molecule has 0 amide bonds. The van der Waals surface area contributed by atoms with Crippen LogP contribution in [0.25, 0.3) is 0 Å². The van der Waals surface area contributed by atoms with Crippen LogP contribution in [0.3, 0.4) is 0 Å². The van der Waals surface area contributed by atoms with Crippen molar-refractivity contribution in [2.24, 2.45) is 0 Å². The Bertz CT molecular complexity index is 250. The molecule has 0 heterocycles. The molecule has 0 bridgehead atoms. The maximum absolute atomic E-state index is 6.26. The van der Waals surface area contributed by atoms with Crippen LogP contribution >= 0.6 is 45.2 Å². The van der Waals surface area contributed by atoms with Gasteiger partial charge in [0.15, 0.2) is 12.6 Å². The highest BCUT2D eigenvalue weighted by Crippen LogP contribution is 2.19. The summed E-state index contributed by atoms with van der Waals surface area (Å²) in [7, 11) is 0. The normalized spacial score (nSPS) is 16.6. The second kappa shape index (κ2) is 18.7. The first-order valence-corrected chi connectivity index (χ1v) is 12.6. The molecule has 25 heavy (non-hydrogen) atoms. The number of ether oxygens (including phenoxy) is 3. The van der Waals surface area contributed by atoms with E-state index in [-0.39, 0.29) is 12.6 Å². The molecule has 0 aliphatic rings. The van der Waals surface area contributed by atoms with Crippen molar-refractivity contribution in [2.45, 2.75) is 112 Å². The van der Waals surface area contributed by atoms with Gasteiger partial charge in [-0.15, -0.1) is 0 Å². The molecule has 0 aliphatic carbocycles. The van der Waals surface area contributed by atoms with Crippen LogP contribution in [0.1, 0.15) is 91.9 Å². The first kappa shape index (κ1) is 26.3. The number of hydrogen-bond donors (Lipinski definition) is 0. The Morgan fingerprint density at radius 3 is 1.36 bits per heavy atom. The van der Waals surface area contributed by atoms with Crippen LogP contribution in [-0.2, 0) is 14.2 Å². The zero-order chi connectivity index (χ0) is 18.9. The summed E-state index contributed by atoms with van der Waals surface area (Å²) in [6.45, 7) is 10.5. The lowest BCUT2D eigenvalue weighted by Crippen LogP contribution is -2.28. The van der Waals surface area contributed by atoms with Crippen LogP contribution in [0.2, 0.25) is 0 Å². The Hall–Kier alpha value is 1.34. The highest BCUT2D eigenvalue weighted by molar-refractivity contribution is 14.1. The zero-order valence-electron chi connectivity index (χ0n) is 16.8. The summed E-state index contributed by atoms with van der Waals surface area (Å²) in [5.41, 5.74) is 0. The number of alkyl halides is 2. The van der Waals surface area contributed by atoms with Crippen molar-refractivity contribution in [2.75, 3.05) is 13.2 Å². The van der Waals surface area contributed by atoms with Gasteiger partial charge in [0, 0.05) is 21.1 Å². The zero-order valence-corrected chi connectivity index (χ0v) is 21.1. The maximum atomic E-state index is 6.26. The van der Waals surface area contributed by atoms with E-state index in [2.05, 4.69) is 72.9 Å². The average Bonchev–Trinajstić information content (AvgIpc) is 2.54. The molecule has 0 spiro atoms. The van der Waals surface area contributed by atoms with Crippen LogP contribution in [0.5, 0.6) is 0 Å². The van der Waals surface area contributed by atoms with Gasteiger partial charge in [-0.05, 0) is 51.4 Å². The molecular weight excluding hydrogens is 542 g/mol. The van der Waals surface area contributed by atoms with E-state index >= 15 is 0 Å². The molecule has 0 saturated carbocycles. The minimum absolute atomic E-state index is 0.120. The van der Waals surface area contributed by atoms with Gasteiger partial charge in [0.05, 0.1) is 0 Å². The van der Waals surface area contributed by atoms with Crippen molar-refractivity contribution in [3.63, 3.8) is 0 Å². The monoisotopic (exact) mass is 582 g/mol. The summed E-state index contributed by atoms with van der Waals surface area (Å²) < 4.78 is 19.7. The molecule has 0 aromatic rings. The summed E-state index contributed by atoms with van der Waals surface area (Å²) in [5.74, 6) is 0. The SMILES string of the molecule is CCCCOC(CCCC(C)I)OC(CCCC(C)I)OCCCC. The van der Waals surface area contributed by atoms with Crippen molar-refractivity contribution in [3.05, 3.63) is 0 Å². The summed E-state index contributed by atoms with van der Waals surface area (Å²) in [6.07, 6.45) is 10.9. The molecule has 4 atom stereocenters. The Morgan fingerprint density at radius 1 is 0.640 bits per heavy atom. The standard InChI is InChI=1S/C20H40I2O3/c1-5-7-15-23-19(13-9-11-17(3)21)25-20(24-16-8-6-2)14-10-12-18(4)22/h17-20H,5-16H2,1-4H3. The van der Waals surface area contributed by atoms with E-state index in [4.69, 9.17) is 14.2 Å². The van der Waals surface area contributed by atoms with Crippen molar-refractivity contribution in [1.29, 1.82) is 0 Å². The van der Waals surface area contributed by atoms with Gasteiger partial charge in [0.1, 0.15) is 0 Å². The molecule has 0 aliphatic heterocycles. The molecule has 0 fully saturated rings. The molecule has 0 N–H and O–H groups in total. The van der Waals surface area contributed by atoms with Gasteiger partial charge in [0.25, 0.3) is 0 Å². The van der Waals surface area contributed by atoms with E-state index in [0.29, 0.717) is 7.85 Å². The van der Waals surface area contributed by atoms with Crippen LogP contribution in [0.15, 0.2) is 0 Å². The predicted molar refractivity (Wildman–Crippen MR) is 125 cm³/mol. The maximum Gasteiger partial charge on any atom is 0.160 e. The van der Waals surface area contributed by atoms with Crippen molar-refractivity contribution in [1.82, 2.24) is 0 Å². The fourth-order valence-corrected chi connectivity index (χ4v) is 3.28. The van der Waals surface area contributed by atoms with E-state index in [9.17, 15) is 0 Å². The van der Waals surface area contributed by atoms with Crippen LogP contribution < -0.4 is 0 Å². The molecule has 0 aromatic carbocycles. The second-order valence-electron chi connectivity index (χ2n) is 6.87. The largest absolute Gasteiger partial charge is 0.353 e. The van der Waals surface area contributed by atoms with E-state index in [1.165, 1.54) is 12.8 Å². The smallest absolute Gasteiger partial charge is 0.160 e. The minimum atomic E-state index is -0.120. The number of hydrogen-bond acceptors (Lipinski definition) is 3. The van der Waals surface area contributed by atoms with E-state index < -0.39 is 0 Å². The molecular formula is C20H40I2O3. The van der Waals surface area contributed by atoms with E-state index in [1.54, 1.807) is 0 Å². The van der Waals surface area contributed by atoms with Crippen molar-refractivity contribution >= 4 is 45.2 Å².